The maximum atomic E-state index is 12.8. The van der Waals surface area contributed by atoms with Crippen molar-refractivity contribution < 1.29 is 33.8 Å². The third kappa shape index (κ3) is 25.2. The van der Waals surface area contributed by atoms with Crippen LogP contribution in [0.4, 0.5) is 0 Å². The molecule has 0 aliphatic heterocycles. The fraction of sp³-hybridized carbons (Fsp3) is 0.879. The van der Waals surface area contributed by atoms with Crippen molar-refractivity contribution in [1.82, 2.24) is 10.6 Å². The fourth-order valence-electron chi connectivity index (χ4n) is 4.71. The molecule has 0 spiro atoms. The van der Waals surface area contributed by atoms with E-state index in [0.29, 0.717) is 18.6 Å². The molecular formula is C33H62N2O7S. The second-order valence-electron chi connectivity index (χ2n) is 11.3. The van der Waals surface area contributed by atoms with Crippen LogP contribution in [-0.4, -0.2) is 72.8 Å². The van der Waals surface area contributed by atoms with Crippen LogP contribution in [0.2, 0.25) is 0 Å². The Morgan fingerprint density at radius 1 is 0.674 bits per heavy atom. The van der Waals surface area contributed by atoms with Gasteiger partial charge >= 0.3 is 11.9 Å². The van der Waals surface area contributed by atoms with Gasteiger partial charge in [-0.25, -0.2) is 4.79 Å². The number of carbonyl (C=O) groups excluding carboxylic acids is 4. The van der Waals surface area contributed by atoms with Crippen LogP contribution < -0.4 is 10.6 Å². The van der Waals surface area contributed by atoms with Crippen LogP contribution in [0.5, 0.6) is 0 Å². The SMILES string of the molecule is CCCCCCCCCCCCCCCC(=O)OCCSC[C@@H](NC(=O)CCCCCCC)C(=O)N[C@@H](CO)C(=O)OC. The summed E-state index contributed by atoms with van der Waals surface area (Å²) in [5.41, 5.74) is 0. The van der Waals surface area contributed by atoms with Crippen molar-refractivity contribution >= 4 is 35.5 Å². The smallest absolute Gasteiger partial charge is 0.330 e. The lowest BCUT2D eigenvalue weighted by Crippen LogP contribution is -2.54. The van der Waals surface area contributed by atoms with Crippen LogP contribution in [0, 0.1) is 0 Å². The van der Waals surface area contributed by atoms with Gasteiger partial charge < -0.3 is 25.2 Å². The topological polar surface area (TPSA) is 131 Å². The van der Waals surface area contributed by atoms with Crippen LogP contribution in [0.15, 0.2) is 0 Å². The van der Waals surface area contributed by atoms with Crippen LogP contribution in [0.25, 0.3) is 0 Å². The van der Waals surface area contributed by atoms with Crippen molar-refractivity contribution in [3.63, 3.8) is 0 Å². The Kier molecular flexibility index (Phi) is 29.0. The average molecular weight is 631 g/mol. The van der Waals surface area contributed by atoms with Gasteiger partial charge in [0, 0.05) is 24.3 Å². The van der Waals surface area contributed by atoms with E-state index >= 15 is 0 Å². The first-order chi connectivity index (χ1) is 20.9. The monoisotopic (exact) mass is 630 g/mol. The average Bonchev–Trinajstić information content (AvgIpc) is 3.00. The number of rotatable bonds is 30. The van der Waals surface area contributed by atoms with Gasteiger partial charge in [-0.05, 0) is 12.8 Å². The summed E-state index contributed by atoms with van der Waals surface area (Å²) in [6.07, 6.45) is 22.1. The molecule has 0 fully saturated rings. The number of amides is 2. The Bertz CT molecular complexity index is 723. The molecule has 0 saturated carbocycles. The highest BCUT2D eigenvalue weighted by Crippen LogP contribution is 2.13. The summed E-state index contributed by atoms with van der Waals surface area (Å²) in [6, 6.07) is -2.10. The quantitative estimate of drug-likeness (QED) is 0.0628. The predicted octanol–water partition coefficient (Wildman–Crippen LogP) is 6.24. The van der Waals surface area contributed by atoms with E-state index in [4.69, 9.17) is 4.74 Å². The van der Waals surface area contributed by atoms with E-state index in [9.17, 15) is 24.3 Å². The number of esters is 2. The number of methoxy groups -OCH3 is 1. The molecule has 43 heavy (non-hydrogen) atoms. The van der Waals surface area contributed by atoms with Crippen molar-refractivity contribution in [2.24, 2.45) is 0 Å². The van der Waals surface area contributed by atoms with Gasteiger partial charge in [0.2, 0.25) is 11.8 Å². The molecule has 252 valence electrons. The number of unbranched alkanes of at least 4 members (excludes halogenated alkanes) is 16. The largest absolute Gasteiger partial charge is 0.467 e. The first-order valence-electron chi connectivity index (χ1n) is 16.9. The first-order valence-corrected chi connectivity index (χ1v) is 18.1. The highest BCUT2D eigenvalue weighted by molar-refractivity contribution is 7.99. The minimum absolute atomic E-state index is 0.210. The van der Waals surface area contributed by atoms with Gasteiger partial charge in [-0.2, -0.15) is 11.8 Å². The third-order valence-electron chi connectivity index (χ3n) is 7.40. The number of aliphatic hydroxyl groups is 1. The fourth-order valence-corrected chi connectivity index (χ4v) is 5.55. The maximum Gasteiger partial charge on any atom is 0.330 e. The van der Waals surface area contributed by atoms with E-state index in [1.807, 2.05) is 0 Å². The van der Waals surface area contributed by atoms with Crippen LogP contribution in [-0.2, 0) is 28.7 Å². The molecule has 10 heteroatoms. The van der Waals surface area contributed by atoms with Gasteiger partial charge in [0.15, 0.2) is 6.04 Å². The molecule has 0 aromatic heterocycles. The van der Waals surface area contributed by atoms with E-state index in [1.165, 1.54) is 83.1 Å². The van der Waals surface area contributed by atoms with Crippen molar-refractivity contribution in [1.29, 1.82) is 0 Å². The number of aliphatic hydroxyl groups excluding tert-OH is 1. The zero-order valence-electron chi connectivity index (χ0n) is 27.4. The molecule has 0 aromatic carbocycles. The molecule has 0 aromatic rings. The Hall–Kier alpha value is -1.81. The maximum absolute atomic E-state index is 12.8. The molecule has 0 aliphatic carbocycles. The Morgan fingerprint density at radius 3 is 1.65 bits per heavy atom. The normalized spacial score (nSPS) is 12.4. The first kappa shape index (κ1) is 41.2. The highest BCUT2D eigenvalue weighted by Gasteiger charge is 2.26. The molecule has 9 nitrogen and oxygen atoms in total. The van der Waals surface area contributed by atoms with Gasteiger partial charge in [-0.1, -0.05) is 117 Å². The van der Waals surface area contributed by atoms with E-state index in [2.05, 4.69) is 29.2 Å². The molecule has 0 saturated heterocycles. The zero-order valence-corrected chi connectivity index (χ0v) is 28.2. The lowest BCUT2D eigenvalue weighted by atomic mass is 10.0. The van der Waals surface area contributed by atoms with Gasteiger partial charge in [-0.3, -0.25) is 14.4 Å². The number of thioether (sulfide) groups is 1. The number of carbonyl (C=O) groups is 4. The van der Waals surface area contributed by atoms with E-state index < -0.39 is 30.6 Å². The summed E-state index contributed by atoms with van der Waals surface area (Å²) in [6.45, 7) is 3.99. The van der Waals surface area contributed by atoms with Crippen molar-refractivity contribution in [2.45, 2.75) is 154 Å². The third-order valence-corrected chi connectivity index (χ3v) is 8.43. The lowest BCUT2D eigenvalue weighted by Gasteiger charge is -2.21. The summed E-state index contributed by atoms with van der Waals surface area (Å²) >= 11 is 1.37. The van der Waals surface area contributed by atoms with Gasteiger partial charge in [0.05, 0.1) is 13.7 Å². The molecule has 3 N–H and O–H groups in total. The van der Waals surface area contributed by atoms with Crippen molar-refractivity contribution in [2.75, 3.05) is 31.8 Å². The number of hydrogen-bond acceptors (Lipinski definition) is 8. The van der Waals surface area contributed by atoms with Gasteiger partial charge in [0.25, 0.3) is 0 Å². The minimum Gasteiger partial charge on any atom is -0.467 e. The molecular weight excluding hydrogens is 568 g/mol. The van der Waals surface area contributed by atoms with E-state index in [0.717, 1.165) is 51.4 Å². The number of hydrogen-bond donors (Lipinski definition) is 3. The molecule has 2 amide bonds. The number of nitrogens with one attached hydrogen (secondary N) is 2. The van der Waals surface area contributed by atoms with Crippen LogP contribution in [0.1, 0.15) is 142 Å². The van der Waals surface area contributed by atoms with Crippen LogP contribution >= 0.6 is 11.8 Å². The molecule has 0 rings (SSSR count). The summed E-state index contributed by atoms with van der Waals surface area (Å²) in [7, 11) is 1.17. The minimum atomic E-state index is -1.21. The van der Waals surface area contributed by atoms with Crippen molar-refractivity contribution in [3.8, 4) is 0 Å². The molecule has 0 bridgehead atoms. The molecule has 0 unspecified atom stereocenters. The second kappa shape index (κ2) is 30.2. The highest BCUT2D eigenvalue weighted by atomic mass is 32.2. The van der Waals surface area contributed by atoms with Crippen LogP contribution in [0.3, 0.4) is 0 Å². The van der Waals surface area contributed by atoms with E-state index in [1.54, 1.807) is 0 Å². The lowest BCUT2D eigenvalue weighted by molar-refractivity contribution is -0.146. The summed E-state index contributed by atoms with van der Waals surface area (Å²) < 4.78 is 9.95. The van der Waals surface area contributed by atoms with E-state index in [-0.39, 0.29) is 24.2 Å². The van der Waals surface area contributed by atoms with Gasteiger partial charge in [0.1, 0.15) is 12.6 Å². The Morgan fingerprint density at radius 2 is 1.16 bits per heavy atom. The standard InChI is InChI=1S/C33H62N2O7S/c1-4-6-8-10-11-12-13-14-15-16-17-19-21-23-31(38)42-24-25-43-27-29(32(39)35-28(26-36)33(40)41-3)34-30(37)22-20-18-9-7-5-2/h28-29,36H,4-27H2,1-3H3,(H,34,37)(H,35,39)/t28-,29+/m0/s1. The molecule has 0 aliphatic rings. The second-order valence-corrected chi connectivity index (χ2v) is 12.5. The summed E-state index contributed by atoms with van der Waals surface area (Å²) in [4.78, 5) is 49.2. The van der Waals surface area contributed by atoms with Crippen molar-refractivity contribution in [3.05, 3.63) is 0 Å². The summed E-state index contributed by atoms with van der Waals surface area (Å²) in [5, 5.41) is 14.6. The van der Waals surface area contributed by atoms with Gasteiger partial charge in [-0.15, -0.1) is 0 Å². The number of ether oxygens (including phenoxy) is 2. The Balaban J connectivity index is 4.20. The Labute approximate surface area is 265 Å². The zero-order chi connectivity index (χ0) is 32.0. The summed E-state index contributed by atoms with van der Waals surface area (Å²) in [5.74, 6) is -1.07. The molecule has 0 radical (unpaired) electrons. The predicted molar refractivity (Wildman–Crippen MR) is 175 cm³/mol. The molecule has 2 atom stereocenters. The molecule has 0 heterocycles.